The molecule has 1 aliphatic rings. The van der Waals surface area contributed by atoms with Crippen LogP contribution < -0.4 is 9.47 Å². The molecule has 1 aromatic rings. The van der Waals surface area contributed by atoms with Gasteiger partial charge in [0, 0.05) is 26.0 Å². The zero-order valence-electron chi connectivity index (χ0n) is 12.6. The molecule has 1 aromatic carbocycles. The first-order valence-corrected chi connectivity index (χ1v) is 7.68. The van der Waals surface area contributed by atoms with Crippen molar-refractivity contribution in [2.75, 3.05) is 13.7 Å². The molecule has 7 nitrogen and oxygen atoms in total. The van der Waals surface area contributed by atoms with Gasteiger partial charge in [-0.25, -0.2) is 9.80 Å². The molecule has 0 saturated carbocycles. The van der Waals surface area contributed by atoms with Crippen molar-refractivity contribution in [2.45, 2.75) is 19.8 Å². The number of halogens is 1. The third-order valence-electron chi connectivity index (χ3n) is 3.08. The molecule has 2 rings (SSSR count). The van der Waals surface area contributed by atoms with Crippen molar-refractivity contribution >= 4 is 33.5 Å². The van der Waals surface area contributed by atoms with E-state index in [0.29, 0.717) is 16.6 Å². The molecule has 120 valence electrons. The second-order valence-electron chi connectivity index (χ2n) is 4.68. The van der Waals surface area contributed by atoms with Gasteiger partial charge < -0.3 is 9.47 Å². The Labute approximate surface area is 141 Å². The summed E-state index contributed by atoms with van der Waals surface area (Å²) in [5.41, 5.74) is 0.534. The maximum Gasteiger partial charge on any atom is 0.360 e. The van der Waals surface area contributed by atoms with E-state index in [2.05, 4.69) is 21.0 Å². The molecular formula is C15H14BrN3O4. The number of benzene rings is 1. The second kappa shape index (κ2) is 7.24. The summed E-state index contributed by atoms with van der Waals surface area (Å²) in [7, 11) is 1.48. The molecule has 0 bridgehead atoms. The molecule has 0 spiro atoms. The molecule has 1 heterocycles. The lowest BCUT2D eigenvalue weighted by Crippen LogP contribution is -2.33. The lowest BCUT2D eigenvalue weighted by molar-refractivity contribution is -0.131. The zero-order valence-corrected chi connectivity index (χ0v) is 14.2. The van der Waals surface area contributed by atoms with Crippen molar-refractivity contribution in [3.63, 3.8) is 0 Å². The van der Waals surface area contributed by atoms with E-state index in [1.54, 1.807) is 6.92 Å². The first kappa shape index (κ1) is 17.0. The van der Waals surface area contributed by atoms with Gasteiger partial charge in [-0.15, -0.1) is 0 Å². The summed E-state index contributed by atoms with van der Waals surface area (Å²) >= 11 is 3.27. The van der Waals surface area contributed by atoms with Crippen molar-refractivity contribution in [1.82, 2.24) is 5.01 Å². The van der Waals surface area contributed by atoms with E-state index in [1.165, 1.54) is 19.2 Å². The summed E-state index contributed by atoms with van der Waals surface area (Å²) in [6, 6.07) is 5.03. The van der Waals surface area contributed by atoms with Crippen LogP contribution in [0.2, 0.25) is 0 Å². The summed E-state index contributed by atoms with van der Waals surface area (Å²) in [5, 5.41) is 14.0. The van der Waals surface area contributed by atoms with E-state index in [9.17, 15) is 9.59 Å². The van der Waals surface area contributed by atoms with Crippen LogP contribution in [0.1, 0.15) is 25.3 Å². The van der Waals surface area contributed by atoms with Crippen molar-refractivity contribution in [1.29, 1.82) is 5.26 Å². The maximum atomic E-state index is 12.3. The molecule has 0 aromatic heterocycles. The molecule has 8 heteroatoms. The van der Waals surface area contributed by atoms with Gasteiger partial charge in [0.2, 0.25) is 5.91 Å². The Hall–Kier alpha value is -2.40. The average molecular weight is 380 g/mol. The molecular weight excluding hydrogens is 366 g/mol. The van der Waals surface area contributed by atoms with E-state index in [0.717, 1.165) is 5.01 Å². The number of carbonyl (C=O) groups excluding carboxylic acids is 2. The number of nitriles is 1. The number of esters is 1. The zero-order chi connectivity index (χ0) is 17.0. The van der Waals surface area contributed by atoms with Gasteiger partial charge in [-0.2, -0.15) is 10.4 Å². The highest BCUT2D eigenvalue weighted by atomic mass is 79.9. The highest BCUT2D eigenvalue weighted by Crippen LogP contribution is 2.37. The van der Waals surface area contributed by atoms with Gasteiger partial charge in [0.1, 0.15) is 5.71 Å². The number of nitrogens with zero attached hydrogens (tertiary/aromatic N) is 3. The largest absolute Gasteiger partial charge is 0.490 e. The van der Waals surface area contributed by atoms with Crippen LogP contribution in [0, 0.1) is 11.3 Å². The Balaban J connectivity index is 2.29. The molecule has 23 heavy (non-hydrogen) atoms. The number of ether oxygens (including phenoxy) is 2. The first-order chi connectivity index (χ1) is 11.0. The number of hydrogen-bond donors (Lipinski definition) is 0. The summed E-state index contributed by atoms with van der Waals surface area (Å²) < 4.78 is 11.2. The fourth-order valence-electron chi connectivity index (χ4n) is 1.96. The first-order valence-electron chi connectivity index (χ1n) is 6.89. The molecule has 0 N–H and O–H groups in total. The van der Waals surface area contributed by atoms with Crippen molar-refractivity contribution in [2.24, 2.45) is 5.10 Å². The number of hydrogen-bond acceptors (Lipinski definition) is 6. The second-order valence-corrected chi connectivity index (χ2v) is 5.54. The van der Waals surface area contributed by atoms with Gasteiger partial charge in [-0.1, -0.05) is 0 Å². The molecule has 0 atom stereocenters. The normalized spacial score (nSPS) is 14.1. The summed E-state index contributed by atoms with van der Waals surface area (Å²) in [4.78, 5) is 23.6. The molecule has 0 radical (unpaired) electrons. The molecule has 0 aliphatic carbocycles. The monoisotopic (exact) mass is 379 g/mol. The fraction of sp³-hybridized carbons (Fsp3) is 0.333. The van der Waals surface area contributed by atoms with Crippen LogP contribution in [0.15, 0.2) is 21.7 Å². The molecule has 1 aliphatic heterocycles. The van der Waals surface area contributed by atoms with E-state index in [1.807, 2.05) is 6.07 Å². The van der Waals surface area contributed by atoms with Crippen molar-refractivity contribution < 1.29 is 19.1 Å². The lowest BCUT2D eigenvalue weighted by atomic mass is 10.1. The van der Waals surface area contributed by atoms with E-state index in [4.69, 9.17) is 14.7 Å². The van der Waals surface area contributed by atoms with Gasteiger partial charge in [-0.05, 0) is 28.9 Å². The summed E-state index contributed by atoms with van der Waals surface area (Å²) in [6.45, 7) is 2.13. The third kappa shape index (κ3) is 3.87. The van der Waals surface area contributed by atoms with Gasteiger partial charge in [0.25, 0.3) is 0 Å². The summed E-state index contributed by atoms with van der Waals surface area (Å²) in [6.07, 6.45) is 0.428. The smallest absolute Gasteiger partial charge is 0.360 e. The van der Waals surface area contributed by atoms with E-state index < -0.39 is 5.97 Å². The van der Waals surface area contributed by atoms with Crippen LogP contribution >= 0.6 is 15.9 Å². The van der Waals surface area contributed by atoms with Crippen LogP contribution in [-0.2, 0) is 9.59 Å². The topological polar surface area (TPSA) is 92.0 Å². The van der Waals surface area contributed by atoms with Crippen LogP contribution in [0.25, 0.3) is 0 Å². The van der Waals surface area contributed by atoms with Gasteiger partial charge in [0.15, 0.2) is 11.5 Å². The van der Waals surface area contributed by atoms with Crippen LogP contribution in [-0.4, -0.2) is 36.3 Å². The minimum Gasteiger partial charge on any atom is -0.490 e. The Morgan fingerprint density at radius 1 is 1.48 bits per heavy atom. The van der Waals surface area contributed by atoms with Crippen LogP contribution in [0.5, 0.6) is 11.5 Å². The fourth-order valence-corrected chi connectivity index (χ4v) is 2.49. The van der Waals surface area contributed by atoms with E-state index >= 15 is 0 Å². The summed E-state index contributed by atoms with van der Waals surface area (Å²) in [5.74, 6) is -0.350. The average Bonchev–Trinajstić information content (AvgIpc) is 2.53. The van der Waals surface area contributed by atoms with Gasteiger partial charge >= 0.3 is 5.97 Å². The number of hydrazone groups is 1. The van der Waals surface area contributed by atoms with Crippen LogP contribution in [0.4, 0.5) is 0 Å². The number of carbonyl (C=O) groups is 2. The third-order valence-corrected chi connectivity index (χ3v) is 3.67. The Morgan fingerprint density at radius 2 is 2.22 bits per heavy atom. The standard InChI is InChI=1S/C15H14BrN3O4/c1-3-22-12-7-9(8-17)6-10(16)14(12)23-15(21)11-4-5-13(20)19(2)18-11/h6-7H,3-5H2,1-2H3. The molecule has 1 amide bonds. The minimum atomic E-state index is -0.657. The Kier molecular flexibility index (Phi) is 5.34. The highest BCUT2D eigenvalue weighted by molar-refractivity contribution is 9.10. The predicted octanol–water partition coefficient (Wildman–Crippen LogP) is 2.23. The van der Waals surface area contributed by atoms with Gasteiger partial charge in [-0.3, -0.25) is 4.79 Å². The van der Waals surface area contributed by atoms with Gasteiger partial charge in [0.05, 0.1) is 22.7 Å². The Bertz CT molecular complexity index is 724. The van der Waals surface area contributed by atoms with Crippen molar-refractivity contribution in [3.05, 3.63) is 22.2 Å². The maximum absolute atomic E-state index is 12.3. The quantitative estimate of drug-likeness (QED) is 0.590. The number of amides is 1. The molecule has 0 saturated heterocycles. The van der Waals surface area contributed by atoms with E-state index in [-0.39, 0.29) is 36.0 Å². The molecule has 0 unspecified atom stereocenters. The SMILES string of the molecule is CCOc1cc(C#N)cc(Br)c1OC(=O)C1=NN(C)C(=O)CC1. The van der Waals surface area contributed by atoms with Crippen molar-refractivity contribution in [3.8, 4) is 17.6 Å². The number of rotatable bonds is 4. The lowest BCUT2D eigenvalue weighted by Gasteiger charge is -2.19. The molecule has 0 fully saturated rings. The Morgan fingerprint density at radius 3 is 2.83 bits per heavy atom. The minimum absolute atomic E-state index is 0.156. The predicted molar refractivity (Wildman–Crippen MR) is 85.1 cm³/mol. The van der Waals surface area contributed by atoms with Crippen LogP contribution in [0.3, 0.4) is 0 Å². The highest BCUT2D eigenvalue weighted by Gasteiger charge is 2.25.